The molecule has 0 bridgehead atoms. The number of likely N-dealkylation sites (tertiary alicyclic amines) is 1. The molecule has 1 saturated heterocycles. The summed E-state index contributed by atoms with van der Waals surface area (Å²) in [5.74, 6) is 0.265. The highest BCUT2D eigenvalue weighted by atomic mass is 16.3. The van der Waals surface area contributed by atoms with E-state index < -0.39 is 12.1 Å². The summed E-state index contributed by atoms with van der Waals surface area (Å²) in [5.41, 5.74) is 0. The normalized spacial score (nSPS) is 30.0. The van der Waals surface area contributed by atoms with Gasteiger partial charge in [-0.1, -0.05) is 6.92 Å². The van der Waals surface area contributed by atoms with Crippen molar-refractivity contribution < 1.29 is 14.7 Å². The molecule has 0 aromatic rings. The van der Waals surface area contributed by atoms with Crippen LogP contribution in [0.15, 0.2) is 0 Å². The number of carbonyl (C=O) groups excluding carboxylic acids is 2. The van der Waals surface area contributed by atoms with E-state index in [2.05, 4.69) is 12.2 Å². The quantitative estimate of drug-likeness (QED) is 0.781. The smallest absolute Gasteiger partial charge is 0.248 e. The molecule has 2 fully saturated rings. The predicted molar refractivity (Wildman–Crippen MR) is 71.3 cm³/mol. The summed E-state index contributed by atoms with van der Waals surface area (Å²) in [6.07, 6.45) is 1.90. The van der Waals surface area contributed by atoms with Crippen molar-refractivity contribution in [3.8, 4) is 0 Å². The topological polar surface area (TPSA) is 69.6 Å². The Morgan fingerprint density at radius 2 is 1.89 bits per heavy atom. The number of hydrogen-bond acceptors (Lipinski definition) is 3. The molecule has 2 N–H and O–H groups in total. The Morgan fingerprint density at radius 3 is 2.32 bits per heavy atom. The van der Waals surface area contributed by atoms with Gasteiger partial charge in [0.25, 0.3) is 0 Å². The van der Waals surface area contributed by atoms with Crippen LogP contribution < -0.4 is 5.32 Å². The van der Waals surface area contributed by atoms with E-state index in [1.165, 1.54) is 0 Å². The van der Waals surface area contributed by atoms with E-state index in [0.29, 0.717) is 12.5 Å². The molecule has 5 heteroatoms. The van der Waals surface area contributed by atoms with Gasteiger partial charge in [0.2, 0.25) is 11.8 Å². The number of carbonyl (C=O) groups is 2. The van der Waals surface area contributed by atoms with Gasteiger partial charge >= 0.3 is 0 Å². The van der Waals surface area contributed by atoms with Crippen molar-refractivity contribution in [2.24, 2.45) is 11.8 Å². The van der Waals surface area contributed by atoms with Crippen LogP contribution in [-0.4, -0.2) is 46.6 Å². The Morgan fingerprint density at radius 1 is 1.26 bits per heavy atom. The van der Waals surface area contributed by atoms with Crippen LogP contribution in [-0.2, 0) is 9.59 Å². The van der Waals surface area contributed by atoms with Crippen LogP contribution in [0.2, 0.25) is 0 Å². The van der Waals surface area contributed by atoms with Gasteiger partial charge in [-0.05, 0) is 39.0 Å². The van der Waals surface area contributed by atoms with E-state index in [4.69, 9.17) is 0 Å². The van der Waals surface area contributed by atoms with Gasteiger partial charge in [-0.15, -0.1) is 0 Å². The molecule has 108 valence electrons. The second-order valence-electron chi connectivity index (χ2n) is 6.04. The number of nitrogens with one attached hydrogen (secondary N) is 1. The van der Waals surface area contributed by atoms with Gasteiger partial charge in [0.15, 0.2) is 0 Å². The summed E-state index contributed by atoms with van der Waals surface area (Å²) in [6.45, 7) is 6.42. The number of amides is 2. The van der Waals surface area contributed by atoms with Crippen molar-refractivity contribution >= 4 is 11.8 Å². The number of aliphatic hydroxyl groups is 1. The molecule has 2 amide bonds. The van der Waals surface area contributed by atoms with E-state index in [1.54, 1.807) is 11.8 Å². The SMILES string of the molecule is CC(O)C(NC(=O)C1CC1)C(=O)N1CCC(C)C1C. The van der Waals surface area contributed by atoms with Crippen LogP contribution in [0.3, 0.4) is 0 Å². The van der Waals surface area contributed by atoms with E-state index in [1.807, 2.05) is 6.92 Å². The summed E-state index contributed by atoms with van der Waals surface area (Å²) in [5, 5.41) is 12.5. The van der Waals surface area contributed by atoms with E-state index >= 15 is 0 Å². The number of hydrogen-bond donors (Lipinski definition) is 2. The first-order valence-corrected chi connectivity index (χ1v) is 7.20. The molecule has 0 aromatic carbocycles. The fraction of sp³-hybridized carbons (Fsp3) is 0.857. The Labute approximate surface area is 114 Å². The number of nitrogens with zero attached hydrogens (tertiary/aromatic N) is 1. The van der Waals surface area contributed by atoms with Crippen LogP contribution in [0.4, 0.5) is 0 Å². The molecule has 19 heavy (non-hydrogen) atoms. The first-order chi connectivity index (χ1) is 8.91. The molecule has 2 aliphatic rings. The fourth-order valence-electron chi connectivity index (χ4n) is 2.59. The minimum Gasteiger partial charge on any atom is -0.391 e. The maximum Gasteiger partial charge on any atom is 0.248 e. The van der Waals surface area contributed by atoms with E-state index in [9.17, 15) is 14.7 Å². The lowest BCUT2D eigenvalue weighted by molar-refractivity contribution is -0.140. The van der Waals surface area contributed by atoms with Gasteiger partial charge in [0.05, 0.1) is 6.10 Å². The second-order valence-corrected chi connectivity index (χ2v) is 6.04. The molecule has 2 rings (SSSR count). The predicted octanol–water partition coefficient (Wildman–Crippen LogP) is 0.519. The summed E-state index contributed by atoms with van der Waals surface area (Å²) >= 11 is 0. The Balaban J connectivity index is 2.01. The van der Waals surface area contributed by atoms with E-state index in [-0.39, 0.29) is 23.8 Å². The van der Waals surface area contributed by atoms with Crippen molar-refractivity contribution in [1.29, 1.82) is 0 Å². The van der Waals surface area contributed by atoms with Crippen molar-refractivity contribution in [2.75, 3.05) is 6.54 Å². The molecular weight excluding hydrogens is 244 g/mol. The largest absolute Gasteiger partial charge is 0.391 e. The average Bonchev–Trinajstić information content (AvgIpc) is 3.14. The van der Waals surface area contributed by atoms with Crippen LogP contribution >= 0.6 is 0 Å². The Kier molecular flexibility index (Phi) is 4.13. The lowest BCUT2D eigenvalue weighted by atomic mass is 10.0. The minimum atomic E-state index is -0.863. The molecule has 1 aliphatic heterocycles. The summed E-state index contributed by atoms with van der Waals surface area (Å²) in [6, 6.07) is -0.632. The molecule has 0 radical (unpaired) electrons. The fourth-order valence-corrected chi connectivity index (χ4v) is 2.59. The third-order valence-corrected chi connectivity index (χ3v) is 4.42. The molecule has 5 nitrogen and oxygen atoms in total. The third kappa shape index (κ3) is 3.08. The molecule has 1 saturated carbocycles. The van der Waals surface area contributed by atoms with Crippen LogP contribution in [0.1, 0.15) is 40.0 Å². The molecule has 4 unspecified atom stereocenters. The zero-order valence-electron chi connectivity index (χ0n) is 11.9. The zero-order chi connectivity index (χ0) is 14.2. The average molecular weight is 268 g/mol. The lowest BCUT2D eigenvalue weighted by Crippen LogP contribution is -2.55. The Hall–Kier alpha value is -1.10. The molecule has 0 spiro atoms. The van der Waals surface area contributed by atoms with Crippen molar-refractivity contribution in [2.45, 2.75) is 58.2 Å². The maximum atomic E-state index is 12.5. The Bertz CT molecular complexity index is 366. The lowest BCUT2D eigenvalue weighted by Gasteiger charge is -2.30. The van der Waals surface area contributed by atoms with Crippen LogP contribution in [0.5, 0.6) is 0 Å². The van der Waals surface area contributed by atoms with Crippen molar-refractivity contribution in [3.63, 3.8) is 0 Å². The van der Waals surface area contributed by atoms with Gasteiger partial charge in [-0.3, -0.25) is 9.59 Å². The van der Waals surface area contributed by atoms with Gasteiger partial charge in [0, 0.05) is 18.5 Å². The summed E-state index contributed by atoms with van der Waals surface area (Å²) in [4.78, 5) is 26.1. The molecule has 1 aliphatic carbocycles. The molecule has 4 atom stereocenters. The standard InChI is InChI=1S/C14H24N2O3/c1-8-6-7-16(9(8)2)14(19)12(10(3)17)15-13(18)11-4-5-11/h8-12,17H,4-7H2,1-3H3,(H,15,18). The van der Waals surface area contributed by atoms with Crippen LogP contribution in [0.25, 0.3) is 0 Å². The van der Waals surface area contributed by atoms with Crippen molar-refractivity contribution in [3.05, 3.63) is 0 Å². The molecule has 1 heterocycles. The second kappa shape index (κ2) is 5.49. The third-order valence-electron chi connectivity index (χ3n) is 4.42. The number of rotatable bonds is 4. The highest BCUT2D eigenvalue weighted by Crippen LogP contribution is 2.29. The maximum absolute atomic E-state index is 12.5. The van der Waals surface area contributed by atoms with E-state index in [0.717, 1.165) is 19.3 Å². The van der Waals surface area contributed by atoms with Gasteiger partial charge in [0.1, 0.15) is 6.04 Å². The minimum absolute atomic E-state index is 0.0453. The monoisotopic (exact) mass is 268 g/mol. The number of aliphatic hydroxyl groups excluding tert-OH is 1. The highest BCUT2D eigenvalue weighted by molar-refractivity contribution is 5.90. The zero-order valence-corrected chi connectivity index (χ0v) is 11.9. The highest BCUT2D eigenvalue weighted by Gasteiger charge is 2.39. The van der Waals surface area contributed by atoms with Gasteiger partial charge in [-0.2, -0.15) is 0 Å². The van der Waals surface area contributed by atoms with Crippen LogP contribution in [0, 0.1) is 11.8 Å². The first kappa shape index (κ1) is 14.3. The van der Waals surface area contributed by atoms with Gasteiger partial charge in [-0.25, -0.2) is 0 Å². The summed E-state index contributed by atoms with van der Waals surface area (Å²) < 4.78 is 0. The van der Waals surface area contributed by atoms with Gasteiger partial charge < -0.3 is 15.3 Å². The molecular formula is C14H24N2O3. The van der Waals surface area contributed by atoms with Crippen molar-refractivity contribution in [1.82, 2.24) is 10.2 Å². The summed E-state index contributed by atoms with van der Waals surface area (Å²) in [7, 11) is 0. The first-order valence-electron chi connectivity index (χ1n) is 7.20. The molecule has 0 aromatic heterocycles.